The van der Waals surface area contributed by atoms with E-state index in [0.717, 1.165) is 0 Å². The topological polar surface area (TPSA) is 108 Å². The van der Waals surface area contributed by atoms with Crippen LogP contribution in [0, 0.1) is 18.3 Å². The number of carbonyl (C=O) groups is 2. The van der Waals surface area contributed by atoms with Crippen LogP contribution in [0.15, 0.2) is 34.9 Å². The fourth-order valence-electron chi connectivity index (χ4n) is 1.79. The van der Waals surface area contributed by atoms with Crippen LogP contribution >= 0.6 is 0 Å². The van der Waals surface area contributed by atoms with Crippen LogP contribution in [0.4, 0.5) is 5.82 Å². The van der Waals surface area contributed by atoms with Crippen molar-refractivity contribution in [1.82, 2.24) is 10.1 Å². The molecule has 1 aromatic heterocycles. The molecule has 1 aromatic carbocycles. The van der Waals surface area contributed by atoms with Crippen molar-refractivity contribution in [2.24, 2.45) is 0 Å². The largest absolute Gasteiger partial charge is 0.484 e. The van der Waals surface area contributed by atoms with E-state index in [0.29, 0.717) is 22.9 Å². The van der Waals surface area contributed by atoms with Crippen LogP contribution in [0.1, 0.15) is 11.3 Å². The lowest BCUT2D eigenvalue weighted by atomic mass is 10.2. The predicted molar refractivity (Wildman–Crippen MR) is 84.2 cm³/mol. The summed E-state index contributed by atoms with van der Waals surface area (Å²) in [5, 5.41) is 14.9. The Labute approximate surface area is 138 Å². The van der Waals surface area contributed by atoms with Gasteiger partial charge in [-0.2, -0.15) is 5.26 Å². The van der Waals surface area contributed by atoms with E-state index in [2.05, 4.69) is 10.5 Å². The molecular formula is C16H16N4O4. The molecule has 1 N–H and O–H groups in total. The fourth-order valence-corrected chi connectivity index (χ4v) is 1.79. The Morgan fingerprint density at radius 2 is 2.08 bits per heavy atom. The first-order valence-electron chi connectivity index (χ1n) is 7.08. The molecule has 8 heteroatoms. The van der Waals surface area contributed by atoms with Gasteiger partial charge in [-0.15, -0.1) is 0 Å². The quantitative estimate of drug-likeness (QED) is 0.857. The average molecular weight is 328 g/mol. The number of nitrogens with one attached hydrogen (secondary N) is 1. The second-order valence-electron chi connectivity index (χ2n) is 5.05. The minimum Gasteiger partial charge on any atom is -0.484 e. The number of hydrogen-bond acceptors (Lipinski definition) is 6. The molecule has 2 aromatic rings. The summed E-state index contributed by atoms with van der Waals surface area (Å²) >= 11 is 0. The predicted octanol–water partition coefficient (Wildman–Crippen LogP) is 1.33. The molecule has 2 amide bonds. The summed E-state index contributed by atoms with van der Waals surface area (Å²) in [5.41, 5.74) is 0.505. The summed E-state index contributed by atoms with van der Waals surface area (Å²) in [6, 6.07) is 9.96. The maximum atomic E-state index is 12.0. The van der Waals surface area contributed by atoms with E-state index < -0.39 is 5.91 Å². The highest BCUT2D eigenvalue weighted by atomic mass is 16.5. The van der Waals surface area contributed by atoms with E-state index in [-0.39, 0.29) is 19.1 Å². The smallest absolute Gasteiger partial charge is 0.260 e. The Kier molecular flexibility index (Phi) is 5.52. The zero-order valence-electron chi connectivity index (χ0n) is 13.3. The maximum absolute atomic E-state index is 12.0. The van der Waals surface area contributed by atoms with E-state index in [9.17, 15) is 9.59 Å². The first kappa shape index (κ1) is 17.0. The first-order valence-corrected chi connectivity index (χ1v) is 7.08. The minimum absolute atomic E-state index is 0.137. The Balaban J connectivity index is 1.78. The van der Waals surface area contributed by atoms with Crippen LogP contribution in [-0.4, -0.2) is 42.1 Å². The van der Waals surface area contributed by atoms with Gasteiger partial charge < -0.3 is 19.5 Å². The summed E-state index contributed by atoms with van der Waals surface area (Å²) in [6.07, 6.45) is 0. The lowest BCUT2D eigenvalue weighted by Gasteiger charge is -2.16. The number of anilines is 1. The number of amides is 2. The number of rotatable bonds is 6. The van der Waals surface area contributed by atoms with Crippen molar-refractivity contribution in [2.45, 2.75) is 6.92 Å². The SMILES string of the molecule is Cc1cc(NC(=O)CN(C)C(=O)COc2ccc(C#N)cc2)no1. The van der Waals surface area contributed by atoms with Crippen LogP contribution in [-0.2, 0) is 9.59 Å². The maximum Gasteiger partial charge on any atom is 0.260 e. The van der Waals surface area contributed by atoms with Gasteiger partial charge in [0.25, 0.3) is 5.91 Å². The number of nitriles is 1. The summed E-state index contributed by atoms with van der Waals surface area (Å²) in [7, 11) is 1.50. The zero-order chi connectivity index (χ0) is 17.5. The molecule has 0 aliphatic heterocycles. The van der Waals surface area contributed by atoms with E-state index >= 15 is 0 Å². The van der Waals surface area contributed by atoms with Crippen molar-refractivity contribution in [3.8, 4) is 11.8 Å². The van der Waals surface area contributed by atoms with Gasteiger partial charge in [0, 0.05) is 13.1 Å². The molecule has 0 spiro atoms. The molecule has 0 aliphatic rings. The number of hydrogen-bond donors (Lipinski definition) is 1. The number of likely N-dealkylation sites (N-methyl/N-ethyl adjacent to an activating group) is 1. The number of aromatic nitrogens is 1. The third-order valence-electron chi connectivity index (χ3n) is 3.05. The Hall–Kier alpha value is -3.34. The lowest BCUT2D eigenvalue weighted by molar-refractivity contribution is -0.135. The van der Waals surface area contributed by atoms with Gasteiger partial charge in [-0.05, 0) is 31.2 Å². The standard InChI is InChI=1S/C16H16N4O4/c1-11-7-14(19-24-11)18-15(21)9-20(2)16(22)10-23-13-5-3-12(8-17)4-6-13/h3-7H,9-10H2,1-2H3,(H,18,19,21). The summed E-state index contributed by atoms with van der Waals surface area (Å²) in [6.45, 7) is 1.36. The Morgan fingerprint density at radius 1 is 1.38 bits per heavy atom. The molecule has 24 heavy (non-hydrogen) atoms. The summed E-state index contributed by atoms with van der Waals surface area (Å²) in [4.78, 5) is 25.0. The molecule has 8 nitrogen and oxygen atoms in total. The lowest BCUT2D eigenvalue weighted by Crippen LogP contribution is -2.37. The minimum atomic E-state index is -0.391. The zero-order valence-corrected chi connectivity index (χ0v) is 13.3. The Morgan fingerprint density at radius 3 is 2.67 bits per heavy atom. The van der Waals surface area contributed by atoms with Crippen LogP contribution in [0.3, 0.4) is 0 Å². The van der Waals surface area contributed by atoms with E-state index in [1.165, 1.54) is 11.9 Å². The number of benzene rings is 1. The van der Waals surface area contributed by atoms with E-state index in [4.69, 9.17) is 14.5 Å². The molecule has 0 fully saturated rings. The molecule has 0 unspecified atom stereocenters. The van der Waals surface area contributed by atoms with Gasteiger partial charge in [0.15, 0.2) is 12.4 Å². The number of ether oxygens (including phenoxy) is 1. The highest BCUT2D eigenvalue weighted by Crippen LogP contribution is 2.11. The molecule has 0 aliphatic carbocycles. The monoisotopic (exact) mass is 328 g/mol. The van der Waals surface area contributed by atoms with Crippen molar-refractivity contribution >= 4 is 17.6 Å². The first-order chi connectivity index (χ1) is 11.5. The number of carbonyl (C=O) groups excluding carboxylic acids is 2. The van der Waals surface area contributed by atoms with Crippen molar-refractivity contribution < 1.29 is 18.8 Å². The molecule has 2 rings (SSSR count). The molecule has 124 valence electrons. The molecular weight excluding hydrogens is 312 g/mol. The van der Waals surface area contributed by atoms with Gasteiger partial charge in [0.05, 0.1) is 18.2 Å². The second kappa shape index (κ2) is 7.78. The van der Waals surface area contributed by atoms with Crippen molar-refractivity contribution in [1.29, 1.82) is 5.26 Å². The van der Waals surface area contributed by atoms with Crippen molar-refractivity contribution in [2.75, 3.05) is 25.5 Å². The van der Waals surface area contributed by atoms with Crippen molar-refractivity contribution in [3.63, 3.8) is 0 Å². The van der Waals surface area contributed by atoms with Gasteiger partial charge >= 0.3 is 0 Å². The van der Waals surface area contributed by atoms with E-state index in [1.807, 2.05) is 6.07 Å². The molecule has 0 radical (unpaired) electrons. The van der Waals surface area contributed by atoms with Crippen molar-refractivity contribution in [3.05, 3.63) is 41.7 Å². The molecule has 0 saturated heterocycles. The van der Waals surface area contributed by atoms with Gasteiger partial charge in [-0.1, -0.05) is 5.16 Å². The third-order valence-corrected chi connectivity index (χ3v) is 3.05. The van der Waals surface area contributed by atoms with Gasteiger partial charge in [-0.25, -0.2) is 0 Å². The summed E-state index contributed by atoms with van der Waals surface area (Å²) in [5.74, 6) is 0.597. The van der Waals surface area contributed by atoms with Gasteiger partial charge in [0.1, 0.15) is 11.5 Å². The second-order valence-corrected chi connectivity index (χ2v) is 5.05. The third kappa shape index (κ3) is 4.84. The highest BCUT2D eigenvalue weighted by Gasteiger charge is 2.14. The Bertz CT molecular complexity index is 761. The van der Waals surface area contributed by atoms with E-state index in [1.54, 1.807) is 37.3 Å². The average Bonchev–Trinajstić information content (AvgIpc) is 2.97. The van der Waals surface area contributed by atoms with Gasteiger partial charge in [0.2, 0.25) is 5.91 Å². The number of aryl methyl sites for hydroxylation is 1. The normalized spacial score (nSPS) is 9.88. The van der Waals surface area contributed by atoms with Crippen LogP contribution < -0.4 is 10.1 Å². The fraction of sp³-hybridized carbons (Fsp3) is 0.250. The van der Waals surface area contributed by atoms with Crippen LogP contribution in [0.25, 0.3) is 0 Å². The van der Waals surface area contributed by atoms with Crippen LogP contribution in [0.2, 0.25) is 0 Å². The van der Waals surface area contributed by atoms with Crippen LogP contribution in [0.5, 0.6) is 5.75 Å². The van der Waals surface area contributed by atoms with Gasteiger partial charge in [-0.3, -0.25) is 9.59 Å². The molecule has 1 heterocycles. The molecule has 0 bridgehead atoms. The molecule has 0 saturated carbocycles. The molecule has 0 atom stereocenters. The highest BCUT2D eigenvalue weighted by molar-refractivity contribution is 5.93. The number of nitrogens with zero attached hydrogens (tertiary/aromatic N) is 3. The summed E-state index contributed by atoms with van der Waals surface area (Å²) < 4.78 is 10.2.